The van der Waals surface area contributed by atoms with Crippen molar-refractivity contribution in [2.45, 2.75) is 27.7 Å². The van der Waals surface area contributed by atoms with Gasteiger partial charge >= 0.3 is 0 Å². The lowest BCUT2D eigenvalue weighted by Crippen LogP contribution is -2.00. The predicted octanol–water partition coefficient (Wildman–Crippen LogP) is 5.45. The number of thiazole rings is 1. The van der Waals surface area contributed by atoms with Crippen LogP contribution in [0.3, 0.4) is 0 Å². The Hall–Kier alpha value is -3.12. The maximum absolute atomic E-state index is 12.8. The average Bonchev–Trinajstić information content (AvgIpc) is 3.17. The lowest BCUT2D eigenvalue weighted by atomic mass is 10.1. The van der Waals surface area contributed by atoms with Crippen molar-refractivity contribution in [2.24, 2.45) is 0 Å². The van der Waals surface area contributed by atoms with Gasteiger partial charge in [-0.15, -0.1) is 11.3 Å². The van der Waals surface area contributed by atoms with Gasteiger partial charge in [0.15, 0.2) is 10.6 Å². The third kappa shape index (κ3) is 3.27. The Bertz CT molecular complexity index is 1290. The fraction of sp³-hybridized carbons (Fsp3) is 0.250. The lowest BCUT2D eigenvalue weighted by molar-refractivity contribution is 0.344. The van der Waals surface area contributed by atoms with Crippen LogP contribution >= 0.6 is 11.3 Å². The van der Waals surface area contributed by atoms with E-state index in [1.165, 1.54) is 0 Å². The van der Waals surface area contributed by atoms with Gasteiger partial charge in [-0.2, -0.15) is 0 Å². The minimum absolute atomic E-state index is 0.0149. The van der Waals surface area contributed by atoms with Crippen LogP contribution in [0.25, 0.3) is 27.2 Å². The predicted molar refractivity (Wildman–Crippen MR) is 123 cm³/mol. The quantitative estimate of drug-likeness (QED) is 0.431. The van der Waals surface area contributed by atoms with Crippen molar-refractivity contribution in [1.82, 2.24) is 9.55 Å². The van der Waals surface area contributed by atoms with E-state index in [0.717, 1.165) is 49.5 Å². The van der Waals surface area contributed by atoms with Gasteiger partial charge in [-0.25, -0.2) is 4.98 Å². The van der Waals surface area contributed by atoms with Gasteiger partial charge in [-0.3, -0.25) is 9.36 Å². The Balaban J connectivity index is 1.94. The van der Waals surface area contributed by atoms with E-state index < -0.39 is 0 Å². The first-order valence-electron chi connectivity index (χ1n) is 9.86. The number of hydrogen-bond acceptors (Lipinski definition) is 5. The number of benzene rings is 1. The number of hydrogen-bond donors (Lipinski definition) is 0. The van der Waals surface area contributed by atoms with Crippen LogP contribution in [-0.4, -0.2) is 23.3 Å². The van der Waals surface area contributed by atoms with E-state index in [4.69, 9.17) is 14.5 Å². The standard InChI is InChI=1S/C24H24N2O3S/c1-6-29-20-9-7-8-19(27)21-14(2)26(15(3)22(20)21)24-25-23(16(4)30-24)17-10-12-18(28-5)13-11-17/h7-13H,6H2,1-5H3. The normalized spacial score (nSPS) is 11.1. The molecule has 0 bridgehead atoms. The van der Waals surface area contributed by atoms with E-state index in [1.807, 2.05) is 51.1 Å². The highest BCUT2D eigenvalue weighted by molar-refractivity contribution is 7.14. The number of ether oxygens (including phenoxy) is 2. The molecule has 2 aromatic carbocycles. The molecule has 0 saturated carbocycles. The fourth-order valence-electron chi connectivity index (χ4n) is 3.89. The van der Waals surface area contributed by atoms with Crippen molar-refractivity contribution >= 4 is 22.1 Å². The molecule has 0 fully saturated rings. The molecular formula is C24H24N2O3S. The summed E-state index contributed by atoms with van der Waals surface area (Å²) in [6.45, 7) is 8.53. The number of aromatic nitrogens is 2. The summed E-state index contributed by atoms with van der Waals surface area (Å²) in [5.41, 5.74) is 3.79. The van der Waals surface area contributed by atoms with Gasteiger partial charge in [0.2, 0.25) is 0 Å². The Morgan fingerprint density at radius 3 is 2.37 bits per heavy atom. The van der Waals surface area contributed by atoms with Crippen LogP contribution < -0.4 is 14.9 Å². The van der Waals surface area contributed by atoms with Crippen molar-refractivity contribution in [3.63, 3.8) is 0 Å². The topological polar surface area (TPSA) is 53.4 Å². The summed E-state index contributed by atoms with van der Waals surface area (Å²) in [5, 5.41) is 2.37. The summed E-state index contributed by atoms with van der Waals surface area (Å²) in [4.78, 5) is 18.9. The van der Waals surface area contributed by atoms with Crippen molar-refractivity contribution in [2.75, 3.05) is 13.7 Å². The molecule has 2 heterocycles. The molecule has 0 aliphatic rings. The highest BCUT2D eigenvalue weighted by atomic mass is 32.1. The summed E-state index contributed by atoms with van der Waals surface area (Å²) < 4.78 is 13.2. The van der Waals surface area contributed by atoms with Crippen LogP contribution in [0.2, 0.25) is 0 Å². The Kier molecular flexibility index (Phi) is 5.35. The number of aryl methyl sites for hydroxylation is 3. The van der Waals surface area contributed by atoms with Crippen LogP contribution in [0.1, 0.15) is 23.2 Å². The van der Waals surface area contributed by atoms with Crippen LogP contribution in [0.4, 0.5) is 0 Å². The molecular weight excluding hydrogens is 396 g/mol. The smallest absolute Gasteiger partial charge is 0.194 e. The van der Waals surface area contributed by atoms with Crippen molar-refractivity contribution in [3.8, 4) is 27.9 Å². The van der Waals surface area contributed by atoms with Gasteiger partial charge in [0.25, 0.3) is 0 Å². The highest BCUT2D eigenvalue weighted by Gasteiger charge is 2.21. The zero-order chi connectivity index (χ0) is 21.4. The number of rotatable bonds is 5. The molecule has 2 aromatic heterocycles. The summed E-state index contributed by atoms with van der Waals surface area (Å²) in [6, 6.07) is 13.1. The number of nitrogens with zero attached hydrogens (tertiary/aromatic N) is 2. The van der Waals surface area contributed by atoms with Crippen LogP contribution in [0.15, 0.2) is 47.3 Å². The first kappa shape index (κ1) is 20.2. The van der Waals surface area contributed by atoms with Crippen molar-refractivity contribution in [3.05, 3.63) is 69.0 Å². The van der Waals surface area contributed by atoms with Gasteiger partial charge < -0.3 is 9.47 Å². The zero-order valence-corrected chi connectivity index (χ0v) is 18.6. The molecule has 0 aliphatic carbocycles. The second-order valence-electron chi connectivity index (χ2n) is 7.07. The largest absolute Gasteiger partial charge is 0.497 e. The van der Waals surface area contributed by atoms with Crippen molar-refractivity contribution in [1.29, 1.82) is 0 Å². The number of methoxy groups -OCH3 is 1. The molecule has 0 aliphatic heterocycles. The zero-order valence-electron chi connectivity index (χ0n) is 17.8. The van der Waals surface area contributed by atoms with Gasteiger partial charge in [0.1, 0.15) is 11.5 Å². The minimum atomic E-state index is -0.0149. The van der Waals surface area contributed by atoms with Gasteiger partial charge in [-0.05, 0) is 64.1 Å². The molecule has 154 valence electrons. The average molecular weight is 421 g/mol. The molecule has 0 saturated heterocycles. The molecule has 0 spiro atoms. The monoisotopic (exact) mass is 420 g/mol. The highest BCUT2D eigenvalue weighted by Crippen LogP contribution is 2.36. The van der Waals surface area contributed by atoms with E-state index in [9.17, 15) is 4.79 Å². The summed E-state index contributed by atoms with van der Waals surface area (Å²) in [6.07, 6.45) is 0. The first-order chi connectivity index (χ1) is 14.5. The molecule has 0 N–H and O–H groups in total. The second kappa shape index (κ2) is 7.95. The molecule has 0 atom stereocenters. The minimum Gasteiger partial charge on any atom is -0.497 e. The third-order valence-corrected chi connectivity index (χ3v) is 6.23. The molecule has 6 heteroatoms. The molecule has 5 nitrogen and oxygen atoms in total. The van der Waals surface area contributed by atoms with Gasteiger partial charge in [-0.1, -0.05) is 6.07 Å². The Morgan fingerprint density at radius 1 is 1.00 bits per heavy atom. The molecule has 4 rings (SSSR count). The van der Waals surface area contributed by atoms with E-state index in [2.05, 4.69) is 11.5 Å². The fourth-order valence-corrected chi connectivity index (χ4v) is 4.92. The van der Waals surface area contributed by atoms with E-state index in [-0.39, 0.29) is 5.43 Å². The third-order valence-electron chi connectivity index (χ3n) is 5.27. The van der Waals surface area contributed by atoms with Crippen LogP contribution in [0, 0.1) is 20.8 Å². The maximum Gasteiger partial charge on any atom is 0.194 e. The molecule has 0 amide bonds. The Morgan fingerprint density at radius 2 is 1.70 bits per heavy atom. The lowest BCUT2D eigenvalue weighted by Gasteiger charge is -2.06. The first-order valence-corrected chi connectivity index (χ1v) is 10.7. The summed E-state index contributed by atoms with van der Waals surface area (Å²) in [7, 11) is 1.66. The Labute approximate surface area is 179 Å². The van der Waals surface area contributed by atoms with E-state index >= 15 is 0 Å². The second-order valence-corrected chi connectivity index (χ2v) is 8.25. The van der Waals surface area contributed by atoms with Crippen LogP contribution in [0.5, 0.6) is 11.5 Å². The van der Waals surface area contributed by atoms with Gasteiger partial charge in [0.05, 0.1) is 24.8 Å². The molecule has 0 radical (unpaired) electrons. The summed E-state index contributed by atoms with van der Waals surface area (Å²) in [5.74, 6) is 1.53. The van der Waals surface area contributed by atoms with E-state index in [0.29, 0.717) is 12.0 Å². The summed E-state index contributed by atoms with van der Waals surface area (Å²) >= 11 is 1.62. The van der Waals surface area contributed by atoms with Gasteiger partial charge in [0, 0.05) is 27.2 Å². The number of fused-ring (bicyclic) bond motifs is 1. The van der Waals surface area contributed by atoms with E-state index in [1.54, 1.807) is 30.6 Å². The maximum atomic E-state index is 12.8. The van der Waals surface area contributed by atoms with Crippen LogP contribution in [-0.2, 0) is 0 Å². The molecule has 4 aromatic rings. The van der Waals surface area contributed by atoms with Crippen molar-refractivity contribution < 1.29 is 9.47 Å². The SMILES string of the molecule is CCOc1cccc(=O)c2c(C)n(-c3nc(-c4ccc(OC)cc4)c(C)s3)c(C)c12. The molecule has 0 unspecified atom stereocenters. The molecule has 30 heavy (non-hydrogen) atoms.